The summed E-state index contributed by atoms with van der Waals surface area (Å²) in [6, 6.07) is 2.76. The number of aliphatic imine (C=N–C) groups is 1. The van der Waals surface area contributed by atoms with Crippen LogP contribution >= 0.6 is 0 Å². The molecule has 0 aliphatic rings. The third kappa shape index (κ3) is 13.2. The third-order valence-electron chi connectivity index (χ3n) is 5.49. The molecule has 0 aliphatic carbocycles. The SMILES string of the molecule is NC(N)=NCCCC(NC(=O)C(CCC(=O)O)NC(=O)C(Cc1ccccc1)NC(=O)C(N)CC(=O)O)C(=O)O. The van der Waals surface area contributed by atoms with Gasteiger partial charge in [-0.15, -0.1) is 0 Å². The molecule has 40 heavy (non-hydrogen) atoms. The van der Waals surface area contributed by atoms with Crippen LogP contribution in [-0.2, 0) is 35.2 Å². The number of aliphatic carboxylic acids is 3. The first-order valence-corrected chi connectivity index (χ1v) is 12.2. The molecule has 12 N–H and O–H groups in total. The second-order valence-electron chi connectivity index (χ2n) is 8.80. The van der Waals surface area contributed by atoms with Gasteiger partial charge >= 0.3 is 17.9 Å². The summed E-state index contributed by atoms with van der Waals surface area (Å²) in [5.41, 5.74) is 16.7. The lowest BCUT2D eigenvalue weighted by atomic mass is 10.0. The Morgan fingerprint density at radius 3 is 1.90 bits per heavy atom. The minimum atomic E-state index is -1.48. The normalized spacial score (nSPS) is 13.5. The number of carboxylic acids is 3. The fraction of sp³-hybridized carbons (Fsp3) is 0.458. The second kappa shape index (κ2) is 17.0. The maximum Gasteiger partial charge on any atom is 0.326 e. The lowest BCUT2D eigenvalue weighted by Crippen LogP contribution is -2.57. The Morgan fingerprint density at radius 2 is 1.35 bits per heavy atom. The zero-order chi connectivity index (χ0) is 30.2. The molecule has 1 aromatic rings. The number of benzene rings is 1. The summed E-state index contributed by atoms with van der Waals surface area (Å²) in [6.07, 6.45) is -1.57. The zero-order valence-corrected chi connectivity index (χ0v) is 21.6. The van der Waals surface area contributed by atoms with E-state index in [0.29, 0.717) is 5.56 Å². The molecule has 0 saturated carbocycles. The van der Waals surface area contributed by atoms with Crippen molar-refractivity contribution in [3.63, 3.8) is 0 Å². The summed E-state index contributed by atoms with van der Waals surface area (Å²) >= 11 is 0. The number of nitrogens with two attached hydrogens (primary N) is 3. The van der Waals surface area contributed by atoms with Crippen molar-refractivity contribution in [3.05, 3.63) is 35.9 Å². The Morgan fingerprint density at radius 1 is 0.775 bits per heavy atom. The van der Waals surface area contributed by atoms with E-state index < -0.39 is 79.1 Å². The highest BCUT2D eigenvalue weighted by molar-refractivity contribution is 5.95. The summed E-state index contributed by atoms with van der Waals surface area (Å²) < 4.78 is 0. The van der Waals surface area contributed by atoms with E-state index in [1.165, 1.54) is 0 Å². The van der Waals surface area contributed by atoms with E-state index in [0.717, 1.165) is 0 Å². The largest absolute Gasteiger partial charge is 0.481 e. The van der Waals surface area contributed by atoms with E-state index in [1.54, 1.807) is 30.3 Å². The molecule has 0 heterocycles. The molecule has 4 atom stereocenters. The number of nitrogens with one attached hydrogen (secondary N) is 3. The Kier molecular flexibility index (Phi) is 14.1. The van der Waals surface area contributed by atoms with Gasteiger partial charge in [0.1, 0.15) is 18.1 Å². The van der Waals surface area contributed by atoms with Crippen LogP contribution in [0.1, 0.15) is 37.7 Å². The van der Waals surface area contributed by atoms with Crippen molar-refractivity contribution in [1.82, 2.24) is 16.0 Å². The highest BCUT2D eigenvalue weighted by Crippen LogP contribution is 2.07. The van der Waals surface area contributed by atoms with Gasteiger partial charge in [-0.3, -0.25) is 29.0 Å². The zero-order valence-electron chi connectivity index (χ0n) is 21.6. The van der Waals surface area contributed by atoms with Crippen LogP contribution in [0.25, 0.3) is 0 Å². The van der Waals surface area contributed by atoms with E-state index >= 15 is 0 Å². The van der Waals surface area contributed by atoms with Gasteiger partial charge in [-0.2, -0.15) is 0 Å². The number of carboxylic acid groups (broad SMARTS) is 3. The predicted octanol–water partition coefficient (Wildman–Crippen LogP) is -2.51. The molecule has 220 valence electrons. The van der Waals surface area contributed by atoms with Gasteiger partial charge in [-0.05, 0) is 24.8 Å². The molecule has 3 amide bonds. The molecule has 0 saturated heterocycles. The summed E-state index contributed by atoms with van der Waals surface area (Å²) in [4.78, 5) is 76.1. The Bertz CT molecular complexity index is 1080. The summed E-state index contributed by atoms with van der Waals surface area (Å²) in [7, 11) is 0. The van der Waals surface area contributed by atoms with Gasteiger partial charge in [-0.1, -0.05) is 30.3 Å². The standard InChI is InChI=1S/C24H35N7O9/c25-14(12-19(34)35)20(36)31-17(11-13-5-2-1-3-6-13)22(38)29-15(8-9-18(32)33)21(37)30-16(23(39)40)7-4-10-28-24(26)27/h1-3,5-6,14-17H,4,7-12,25H2,(H,29,38)(H,30,37)(H,31,36)(H,32,33)(H,34,35)(H,39,40)(H4,26,27,28). The van der Waals surface area contributed by atoms with Gasteiger partial charge in [0.15, 0.2) is 5.96 Å². The van der Waals surface area contributed by atoms with Crippen LogP contribution in [0.15, 0.2) is 35.3 Å². The molecule has 1 rings (SSSR count). The first kappa shape index (κ1) is 33.3. The lowest BCUT2D eigenvalue weighted by molar-refractivity contribution is -0.143. The minimum absolute atomic E-state index is 0.0639. The number of nitrogens with zero attached hydrogens (tertiary/aromatic N) is 1. The van der Waals surface area contributed by atoms with Crippen molar-refractivity contribution in [2.75, 3.05) is 6.54 Å². The molecule has 16 heteroatoms. The highest BCUT2D eigenvalue weighted by atomic mass is 16.4. The molecule has 0 fully saturated rings. The summed E-state index contributed by atoms with van der Waals surface area (Å²) in [6.45, 7) is 0.103. The average Bonchev–Trinajstić information content (AvgIpc) is 2.87. The molecule has 0 radical (unpaired) electrons. The topological polar surface area (TPSA) is 290 Å². The van der Waals surface area contributed by atoms with Crippen LogP contribution in [-0.4, -0.2) is 87.6 Å². The predicted molar refractivity (Wildman–Crippen MR) is 141 cm³/mol. The molecule has 0 bridgehead atoms. The fourth-order valence-electron chi connectivity index (χ4n) is 3.46. The second-order valence-corrected chi connectivity index (χ2v) is 8.80. The van der Waals surface area contributed by atoms with Crippen LogP contribution in [0.5, 0.6) is 0 Å². The van der Waals surface area contributed by atoms with Crippen molar-refractivity contribution in [1.29, 1.82) is 0 Å². The van der Waals surface area contributed by atoms with Crippen molar-refractivity contribution in [2.24, 2.45) is 22.2 Å². The summed E-state index contributed by atoms with van der Waals surface area (Å²) in [5.74, 6) is -6.95. The minimum Gasteiger partial charge on any atom is -0.481 e. The van der Waals surface area contributed by atoms with Crippen molar-refractivity contribution >= 4 is 41.6 Å². The third-order valence-corrected chi connectivity index (χ3v) is 5.49. The van der Waals surface area contributed by atoms with E-state index in [1.807, 2.05) is 0 Å². The van der Waals surface area contributed by atoms with Crippen LogP contribution < -0.4 is 33.2 Å². The van der Waals surface area contributed by atoms with Gasteiger partial charge < -0.3 is 48.5 Å². The van der Waals surface area contributed by atoms with Crippen molar-refractivity contribution in [3.8, 4) is 0 Å². The van der Waals surface area contributed by atoms with Gasteiger partial charge in [-0.25, -0.2) is 4.79 Å². The number of carbonyl (C=O) groups is 6. The van der Waals surface area contributed by atoms with Crippen molar-refractivity contribution in [2.45, 2.75) is 62.7 Å². The van der Waals surface area contributed by atoms with Gasteiger partial charge in [0, 0.05) is 19.4 Å². The van der Waals surface area contributed by atoms with E-state index in [9.17, 15) is 33.9 Å². The molecule has 0 spiro atoms. The quantitative estimate of drug-likeness (QED) is 0.0506. The van der Waals surface area contributed by atoms with Crippen molar-refractivity contribution < 1.29 is 44.1 Å². The van der Waals surface area contributed by atoms with E-state index in [4.69, 9.17) is 27.4 Å². The first-order chi connectivity index (χ1) is 18.8. The highest BCUT2D eigenvalue weighted by Gasteiger charge is 2.31. The Hall–Kier alpha value is -4.73. The number of guanidine groups is 1. The van der Waals surface area contributed by atoms with E-state index in [2.05, 4.69) is 20.9 Å². The van der Waals surface area contributed by atoms with Gasteiger partial charge in [0.05, 0.1) is 12.5 Å². The van der Waals surface area contributed by atoms with Crippen LogP contribution in [0.3, 0.4) is 0 Å². The molecular weight excluding hydrogens is 530 g/mol. The lowest BCUT2D eigenvalue weighted by Gasteiger charge is -2.25. The fourth-order valence-corrected chi connectivity index (χ4v) is 3.46. The van der Waals surface area contributed by atoms with Gasteiger partial charge in [0.25, 0.3) is 0 Å². The van der Waals surface area contributed by atoms with Crippen LogP contribution in [0.2, 0.25) is 0 Å². The molecule has 4 unspecified atom stereocenters. The van der Waals surface area contributed by atoms with Crippen LogP contribution in [0, 0.1) is 0 Å². The molecular formula is C24H35N7O9. The molecule has 1 aromatic carbocycles. The molecule has 16 nitrogen and oxygen atoms in total. The monoisotopic (exact) mass is 565 g/mol. The summed E-state index contributed by atoms with van der Waals surface area (Å²) in [5, 5.41) is 34.5. The molecule has 0 aromatic heterocycles. The number of rotatable bonds is 18. The number of hydrogen-bond donors (Lipinski definition) is 9. The smallest absolute Gasteiger partial charge is 0.326 e. The number of amides is 3. The Balaban J connectivity index is 3.10. The number of carbonyl (C=O) groups excluding carboxylic acids is 3. The Labute approximate surface area is 229 Å². The maximum atomic E-state index is 13.2. The average molecular weight is 566 g/mol. The molecule has 0 aliphatic heterocycles. The van der Waals surface area contributed by atoms with Gasteiger partial charge in [0.2, 0.25) is 17.7 Å². The van der Waals surface area contributed by atoms with E-state index in [-0.39, 0.29) is 31.8 Å². The maximum absolute atomic E-state index is 13.2. The number of hydrogen-bond acceptors (Lipinski definition) is 8. The first-order valence-electron chi connectivity index (χ1n) is 12.2. The van der Waals surface area contributed by atoms with Crippen LogP contribution in [0.4, 0.5) is 0 Å².